The molecule has 0 spiro atoms. The molecule has 11 nitrogen and oxygen atoms in total. The van der Waals surface area contributed by atoms with Crippen molar-refractivity contribution in [3.8, 4) is 23.7 Å². The zero-order chi connectivity index (χ0) is 27.9. The number of rotatable bonds is 7. The molecule has 0 atom stereocenters. The van der Waals surface area contributed by atoms with Gasteiger partial charge < -0.3 is 14.8 Å². The quantitative estimate of drug-likeness (QED) is 0.462. The van der Waals surface area contributed by atoms with E-state index in [0.717, 1.165) is 19.2 Å². The van der Waals surface area contributed by atoms with E-state index in [0.29, 0.717) is 18.5 Å². The van der Waals surface area contributed by atoms with Crippen molar-refractivity contribution >= 4 is 21.4 Å². The summed E-state index contributed by atoms with van der Waals surface area (Å²) >= 11 is 0. The fourth-order valence-corrected chi connectivity index (χ4v) is 4.21. The Morgan fingerprint density at radius 3 is 2.47 bits per heavy atom. The van der Waals surface area contributed by atoms with Crippen molar-refractivity contribution in [2.75, 3.05) is 18.7 Å². The van der Waals surface area contributed by atoms with Crippen LogP contribution in [0, 0.1) is 18.3 Å². The third-order valence-corrected chi connectivity index (χ3v) is 6.86. The smallest absolute Gasteiger partial charge is 0.435 e. The van der Waals surface area contributed by atoms with Gasteiger partial charge in [-0.05, 0) is 43.5 Å². The van der Waals surface area contributed by atoms with Gasteiger partial charge in [0.1, 0.15) is 11.0 Å². The average molecular weight is 549 g/mol. The number of nitriles is 1. The van der Waals surface area contributed by atoms with E-state index >= 15 is 0 Å². The first kappa shape index (κ1) is 26.7. The Kier molecular flexibility index (Phi) is 6.70. The lowest BCUT2D eigenvalue weighted by Crippen LogP contribution is -2.21. The second-order valence-corrected chi connectivity index (χ2v) is 10.5. The summed E-state index contributed by atoms with van der Waals surface area (Å²) in [6, 6.07) is 7.33. The van der Waals surface area contributed by atoms with Gasteiger partial charge in [0.2, 0.25) is 0 Å². The monoisotopic (exact) mass is 548 g/mol. The van der Waals surface area contributed by atoms with Gasteiger partial charge in [0.15, 0.2) is 15.5 Å². The largest absolute Gasteiger partial charge is 0.477 e. The number of methoxy groups -OCH3 is 1. The Bertz CT molecular complexity index is 1580. The number of ether oxygens (including phenoxy) is 2. The van der Waals surface area contributed by atoms with E-state index in [-0.39, 0.29) is 22.3 Å². The predicted molar refractivity (Wildman–Crippen MR) is 124 cm³/mol. The molecule has 38 heavy (non-hydrogen) atoms. The van der Waals surface area contributed by atoms with Crippen molar-refractivity contribution in [3.05, 3.63) is 53.0 Å². The SMILES string of the molecule is COc1nc(C2(C#N)CC2)cnc1Oc1nnc(C(F)(F)F)c(C)c1C(=O)Nc1cccc(S(C)(=O)=O)c1. The number of halogens is 3. The van der Waals surface area contributed by atoms with Crippen LogP contribution in [0.2, 0.25) is 0 Å². The van der Waals surface area contributed by atoms with E-state index in [9.17, 15) is 31.6 Å². The summed E-state index contributed by atoms with van der Waals surface area (Å²) in [6.45, 7) is 1.02. The molecule has 1 fully saturated rings. The highest BCUT2D eigenvalue weighted by molar-refractivity contribution is 7.90. The number of nitrogens with one attached hydrogen (secondary N) is 1. The van der Waals surface area contributed by atoms with Crippen LogP contribution in [0.15, 0.2) is 35.4 Å². The Labute approximate surface area is 214 Å². The van der Waals surface area contributed by atoms with E-state index in [1.165, 1.54) is 31.5 Å². The van der Waals surface area contributed by atoms with E-state index in [4.69, 9.17) is 9.47 Å². The molecule has 198 valence electrons. The minimum atomic E-state index is -4.93. The number of amides is 1. The van der Waals surface area contributed by atoms with Crippen LogP contribution in [0.4, 0.5) is 18.9 Å². The van der Waals surface area contributed by atoms with Gasteiger partial charge in [-0.2, -0.15) is 18.4 Å². The van der Waals surface area contributed by atoms with Crippen molar-refractivity contribution in [1.29, 1.82) is 5.26 Å². The summed E-state index contributed by atoms with van der Waals surface area (Å²) in [5.41, 5.74) is -3.10. The van der Waals surface area contributed by atoms with Crippen LogP contribution in [0.3, 0.4) is 0 Å². The van der Waals surface area contributed by atoms with E-state index in [2.05, 4.69) is 31.6 Å². The number of nitrogens with zero attached hydrogens (tertiary/aromatic N) is 5. The maximum absolute atomic E-state index is 13.6. The maximum Gasteiger partial charge on any atom is 0.435 e. The summed E-state index contributed by atoms with van der Waals surface area (Å²) in [5.74, 6) is -2.22. The van der Waals surface area contributed by atoms with E-state index in [1.54, 1.807) is 0 Å². The second kappa shape index (κ2) is 9.53. The fourth-order valence-electron chi connectivity index (χ4n) is 3.54. The van der Waals surface area contributed by atoms with Gasteiger partial charge in [-0.1, -0.05) is 6.07 Å². The van der Waals surface area contributed by atoms with Crippen LogP contribution in [0.5, 0.6) is 17.6 Å². The van der Waals surface area contributed by atoms with Crippen LogP contribution >= 0.6 is 0 Å². The molecule has 2 heterocycles. The Morgan fingerprint density at radius 2 is 1.89 bits per heavy atom. The number of carbonyl (C=O) groups is 1. The molecule has 1 amide bonds. The molecule has 0 unspecified atom stereocenters. The molecule has 15 heteroatoms. The third kappa shape index (κ3) is 5.21. The number of alkyl halides is 3. The normalized spacial score (nSPS) is 14.3. The second-order valence-electron chi connectivity index (χ2n) is 8.47. The van der Waals surface area contributed by atoms with E-state index in [1.807, 2.05) is 0 Å². The Balaban J connectivity index is 1.76. The lowest BCUT2D eigenvalue weighted by Gasteiger charge is -2.16. The number of hydrogen-bond donors (Lipinski definition) is 1. The molecular formula is C23H19F3N6O5S. The summed E-state index contributed by atoms with van der Waals surface area (Å²) in [6.07, 6.45) is -1.54. The predicted octanol–water partition coefficient (Wildman–Crippen LogP) is 3.61. The highest BCUT2D eigenvalue weighted by atomic mass is 32.2. The first-order valence-corrected chi connectivity index (χ1v) is 12.7. The van der Waals surface area contributed by atoms with Crippen LogP contribution in [0.1, 0.15) is 40.2 Å². The van der Waals surface area contributed by atoms with Gasteiger partial charge >= 0.3 is 6.18 Å². The number of hydrogen-bond acceptors (Lipinski definition) is 10. The summed E-state index contributed by atoms with van der Waals surface area (Å²) in [4.78, 5) is 21.4. The summed E-state index contributed by atoms with van der Waals surface area (Å²) in [5, 5.41) is 18.4. The summed E-state index contributed by atoms with van der Waals surface area (Å²) in [7, 11) is -2.38. The topological polar surface area (TPSA) is 157 Å². The minimum absolute atomic E-state index is 0.00149. The van der Waals surface area contributed by atoms with Gasteiger partial charge in [-0.25, -0.2) is 18.4 Å². The van der Waals surface area contributed by atoms with Crippen molar-refractivity contribution in [1.82, 2.24) is 20.2 Å². The standard InChI is InChI=1S/C23H19F3N6O5S/c1-12-16(18(33)29-13-5-4-6-14(9-13)38(3,34)35)19(32-31-17(12)23(24,25)26)37-20-21(36-2)30-15(10-28-20)22(11-27)7-8-22/h4-6,9-10H,7-8H2,1-3H3,(H,29,33). The number of anilines is 1. The highest BCUT2D eigenvalue weighted by Crippen LogP contribution is 2.47. The molecule has 1 aromatic carbocycles. The van der Waals surface area contributed by atoms with Crippen LogP contribution in [-0.2, 0) is 21.4 Å². The lowest BCUT2D eigenvalue weighted by atomic mass is 10.1. The number of carbonyl (C=O) groups excluding carboxylic acids is 1. The molecule has 3 aromatic rings. The number of benzene rings is 1. The molecule has 2 aromatic heterocycles. The van der Waals surface area contributed by atoms with Crippen LogP contribution in [-0.4, -0.2) is 47.9 Å². The molecule has 1 aliphatic rings. The van der Waals surface area contributed by atoms with Crippen molar-refractivity contribution in [2.24, 2.45) is 0 Å². The average Bonchev–Trinajstić information content (AvgIpc) is 3.64. The molecule has 0 saturated heterocycles. The van der Waals surface area contributed by atoms with E-state index < -0.39 is 50.0 Å². The third-order valence-electron chi connectivity index (χ3n) is 5.75. The molecule has 1 N–H and O–H groups in total. The lowest BCUT2D eigenvalue weighted by molar-refractivity contribution is -0.142. The molecule has 0 bridgehead atoms. The number of aromatic nitrogens is 4. The zero-order valence-corrected chi connectivity index (χ0v) is 20.9. The highest BCUT2D eigenvalue weighted by Gasteiger charge is 2.47. The van der Waals surface area contributed by atoms with Gasteiger partial charge in [0.25, 0.3) is 23.5 Å². The number of sulfone groups is 1. The Hall–Kier alpha value is -4.32. The van der Waals surface area contributed by atoms with Gasteiger partial charge in [-0.3, -0.25) is 4.79 Å². The van der Waals surface area contributed by atoms with Gasteiger partial charge in [0.05, 0.1) is 30.0 Å². The first-order valence-electron chi connectivity index (χ1n) is 10.9. The van der Waals surface area contributed by atoms with Crippen molar-refractivity contribution in [3.63, 3.8) is 0 Å². The van der Waals surface area contributed by atoms with Crippen LogP contribution < -0.4 is 14.8 Å². The van der Waals surface area contributed by atoms with Crippen LogP contribution in [0.25, 0.3) is 0 Å². The first-order chi connectivity index (χ1) is 17.8. The molecule has 1 saturated carbocycles. The summed E-state index contributed by atoms with van der Waals surface area (Å²) < 4.78 is 75.2. The Morgan fingerprint density at radius 1 is 1.18 bits per heavy atom. The minimum Gasteiger partial charge on any atom is -0.477 e. The van der Waals surface area contributed by atoms with Gasteiger partial charge in [0, 0.05) is 11.9 Å². The van der Waals surface area contributed by atoms with Crippen molar-refractivity contribution in [2.45, 2.75) is 36.3 Å². The molecule has 0 radical (unpaired) electrons. The molecule has 0 aliphatic heterocycles. The zero-order valence-electron chi connectivity index (χ0n) is 20.1. The van der Waals surface area contributed by atoms with Gasteiger partial charge in [-0.15, -0.1) is 10.2 Å². The molecule has 1 aliphatic carbocycles. The maximum atomic E-state index is 13.6. The van der Waals surface area contributed by atoms with Crippen molar-refractivity contribution < 1.29 is 35.9 Å². The molecule has 4 rings (SSSR count). The molecular weight excluding hydrogens is 529 g/mol. The fraction of sp³-hybridized carbons (Fsp3) is 0.304.